The summed E-state index contributed by atoms with van der Waals surface area (Å²) in [4.78, 5) is 0. The standard InChI is InChI=1S/C22H40N2Si/c1-7-16-23(17-8-2)25(12-6,24(18-9-3)19-10-4)22-15-13-14-21(11-5)20-22/h11,13-15,20H,5,7-10,12,16-19H2,1-4,6H3. The molecule has 0 saturated heterocycles. The summed E-state index contributed by atoms with van der Waals surface area (Å²) in [7, 11) is -1.92. The highest BCUT2D eigenvalue weighted by atomic mass is 28.3. The molecule has 0 amide bonds. The van der Waals surface area contributed by atoms with Crippen molar-refractivity contribution >= 4 is 19.7 Å². The first kappa shape index (κ1) is 22.1. The average molecular weight is 361 g/mol. The molecule has 0 aliphatic carbocycles. The normalized spacial score (nSPS) is 12.1. The van der Waals surface area contributed by atoms with Crippen LogP contribution in [0.5, 0.6) is 0 Å². The Morgan fingerprint density at radius 3 is 1.68 bits per heavy atom. The summed E-state index contributed by atoms with van der Waals surface area (Å²) >= 11 is 0. The third kappa shape index (κ3) is 5.29. The molecule has 0 bridgehead atoms. The number of nitrogens with zero attached hydrogens (tertiary/aromatic N) is 2. The molecule has 25 heavy (non-hydrogen) atoms. The lowest BCUT2D eigenvalue weighted by Gasteiger charge is -2.49. The molecular weight excluding hydrogens is 320 g/mol. The van der Waals surface area contributed by atoms with Crippen molar-refractivity contribution < 1.29 is 0 Å². The second kappa shape index (κ2) is 11.7. The van der Waals surface area contributed by atoms with Gasteiger partial charge in [0.2, 0.25) is 8.40 Å². The minimum atomic E-state index is -1.92. The highest BCUT2D eigenvalue weighted by molar-refractivity contribution is 6.87. The fraction of sp³-hybridized carbons (Fsp3) is 0.636. The van der Waals surface area contributed by atoms with Gasteiger partial charge >= 0.3 is 0 Å². The van der Waals surface area contributed by atoms with Crippen LogP contribution in [0.4, 0.5) is 0 Å². The van der Waals surface area contributed by atoms with E-state index in [9.17, 15) is 0 Å². The van der Waals surface area contributed by atoms with E-state index in [1.165, 1.54) is 63.5 Å². The molecule has 1 aromatic rings. The lowest BCUT2D eigenvalue weighted by Crippen LogP contribution is -2.73. The van der Waals surface area contributed by atoms with Crippen molar-refractivity contribution in [3.8, 4) is 0 Å². The summed E-state index contributed by atoms with van der Waals surface area (Å²) in [5, 5.41) is 1.57. The first-order chi connectivity index (χ1) is 12.1. The van der Waals surface area contributed by atoms with Gasteiger partial charge in [-0.05, 0) is 68.7 Å². The lowest BCUT2D eigenvalue weighted by atomic mass is 10.2. The van der Waals surface area contributed by atoms with Crippen LogP contribution in [0.2, 0.25) is 6.04 Å². The molecule has 1 rings (SSSR count). The van der Waals surface area contributed by atoms with Crippen LogP contribution < -0.4 is 5.19 Å². The number of hydrogen-bond donors (Lipinski definition) is 0. The molecule has 0 unspecified atom stereocenters. The van der Waals surface area contributed by atoms with Gasteiger partial charge in [0.1, 0.15) is 0 Å². The maximum absolute atomic E-state index is 4.00. The molecule has 0 aliphatic heterocycles. The van der Waals surface area contributed by atoms with Gasteiger partial charge in [-0.2, -0.15) is 0 Å². The summed E-state index contributed by atoms with van der Waals surface area (Å²) in [6.45, 7) is 20.5. The molecule has 0 atom stereocenters. The molecule has 142 valence electrons. The molecular formula is C22H40N2Si. The molecule has 2 nitrogen and oxygen atoms in total. The Balaban J connectivity index is 3.55. The van der Waals surface area contributed by atoms with Crippen molar-refractivity contribution in [1.29, 1.82) is 0 Å². The van der Waals surface area contributed by atoms with Crippen LogP contribution in [0.25, 0.3) is 6.08 Å². The molecule has 0 heterocycles. The third-order valence-corrected chi connectivity index (χ3v) is 10.3. The first-order valence-electron chi connectivity index (χ1n) is 10.4. The number of hydrogen-bond acceptors (Lipinski definition) is 2. The summed E-state index contributed by atoms with van der Waals surface area (Å²) in [6.07, 6.45) is 6.89. The zero-order valence-electron chi connectivity index (χ0n) is 17.4. The molecule has 0 aliphatic rings. The summed E-state index contributed by atoms with van der Waals surface area (Å²) < 4.78 is 5.75. The van der Waals surface area contributed by atoms with Crippen molar-refractivity contribution in [1.82, 2.24) is 9.13 Å². The summed E-state index contributed by atoms with van der Waals surface area (Å²) in [6, 6.07) is 10.5. The van der Waals surface area contributed by atoms with Crippen LogP contribution in [-0.4, -0.2) is 43.7 Å². The van der Waals surface area contributed by atoms with Gasteiger partial charge in [-0.15, -0.1) is 0 Å². The topological polar surface area (TPSA) is 6.48 Å². The highest BCUT2D eigenvalue weighted by Gasteiger charge is 2.44. The fourth-order valence-electron chi connectivity index (χ4n) is 4.17. The molecule has 1 aromatic carbocycles. The molecule has 0 saturated carbocycles. The van der Waals surface area contributed by atoms with Gasteiger partial charge < -0.3 is 9.13 Å². The zero-order valence-corrected chi connectivity index (χ0v) is 18.4. The fourth-order valence-corrected chi connectivity index (χ4v) is 9.74. The largest absolute Gasteiger partial charge is 0.308 e. The van der Waals surface area contributed by atoms with Crippen molar-refractivity contribution in [2.24, 2.45) is 0 Å². The SMILES string of the molecule is C=Cc1cccc([Si](CC)(N(CCC)CCC)N(CCC)CCC)c1. The van der Waals surface area contributed by atoms with E-state index in [1.54, 1.807) is 5.19 Å². The highest BCUT2D eigenvalue weighted by Crippen LogP contribution is 2.23. The molecule has 0 spiro atoms. The number of benzene rings is 1. The van der Waals surface area contributed by atoms with E-state index in [2.05, 4.69) is 74.6 Å². The second-order valence-electron chi connectivity index (χ2n) is 6.97. The van der Waals surface area contributed by atoms with Crippen molar-refractivity contribution in [2.75, 3.05) is 26.2 Å². The van der Waals surface area contributed by atoms with Crippen LogP contribution in [0.15, 0.2) is 30.8 Å². The summed E-state index contributed by atoms with van der Waals surface area (Å²) in [5.41, 5.74) is 1.25. The van der Waals surface area contributed by atoms with E-state index in [-0.39, 0.29) is 0 Å². The predicted octanol–water partition coefficient (Wildman–Crippen LogP) is 5.24. The quantitative estimate of drug-likeness (QED) is 0.444. The Labute approximate surface area is 158 Å². The Kier molecular flexibility index (Phi) is 10.3. The van der Waals surface area contributed by atoms with Gasteiger partial charge in [-0.25, -0.2) is 0 Å². The molecule has 3 heteroatoms. The van der Waals surface area contributed by atoms with Crippen LogP contribution in [-0.2, 0) is 0 Å². The molecule has 0 N–H and O–H groups in total. The number of rotatable bonds is 13. The van der Waals surface area contributed by atoms with Crippen molar-refractivity contribution in [2.45, 2.75) is 66.3 Å². The summed E-state index contributed by atoms with van der Waals surface area (Å²) in [5.74, 6) is 0. The van der Waals surface area contributed by atoms with Crippen LogP contribution in [0, 0.1) is 0 Å². The first-order valence-corrected chi connectivity index (χ1v) is 12.5. The van der Waals surface area contributed by atoms with E-state index in [0.29, 0.717) is 0 Å². The van der Waals surface area contributed by atoms with Crippen LogP contribution in [0.1, 0.15) is 65.9 Å². The Bertz CT molecular complexity index is 473. The minimum absolute atomic E-state index is 1.20. The smallest absolute Gasteiger partial charge is 0.239 e. The molecule has 0 radical (unpaired) electrons. The van der Waals surface area contributed by atoms with Crippen molar-refractivity contribution in [3.05, 3.63) is 36.4 Å². The average Bonchev–Trinajstić information content (AvgIpc) is 2.63. The third-order valence-electron chi connectivity index (χ3n) is 5.10. The Morgan fingerprint density at radius 1 is 0.840 bits per heavy atom. The van der Waals surface area contributed by atoms with Gasteiger partial charge in [0.25, 0.3) is 0 Å². The lowest BCUT2D eigenvalue weighted by molar-refractivity contribution is 0.324. The maximum atomic E-state index is 4.00. The Morgan fingerprint density at radius 2 is 1.32 bits per heavy atom. The zero-order chi connectivity index (χ0) is 18.7. The van der Waals surface area contributed by atoms with E-state index >= 15 is 0 Å². The predicted molar refractivity (Wildman–Crippen MR) is 117 cm³/mol. The molecule has 0 fully saturated rings. The van der Waals surface area contributed by atoms with E-state index in [4.69, 9.17) is 0 Å². The van der Waals surface area contributed by atoms with E-state index in [0.717, 1.165) is 0 Å². The van der Waals surface area contributed by atoms with Gasteiger partial charge in [-0.1, -0.05) is 71.5 Å². The van der Waals surface area contributed by atoms with Gasteiger partial charge in [0, 0.05) is 0 Å². The minimum Gasteiger partial charge on any atom is -0.308 e. The van der Waals surface area contributed by atoms with Gasteiger partial charge in [0.05, 0.1) is 0 Å². The van der Waals surface area contributed by atoms with Gasteiger partial charge in [-0.3, -0.25) is 0 Å². The monoisotopic (exact) mass is 360 g/mol. The molecule has 0 aromatic heterocycles. The maximum Gasteiger partial charge on any atom is 0.239 e. The van der Waals surface area contributed by atoms with Crippen molar-refractivity contribution in [3.63, 3.8) is 0 Å². The van der Waals surface area contributed by atoms with E-state index in [1.807, 2.05) is 6.08 Å². The van der Waals surface area contributed by atoms with Crippen LogP contribution >= 0.6 is 0 Å². The second-order valence-corrected chi connectivity index (χ2v) is 11.2. The van der Waals surface area contributed by atoms with Gasteiger partial charge in [0.15, 0.2) is 0 Å². The van der Waals surface area contributed by atoms with Crippen LogP contribution in [0.3, 0.4) is 0 Å². The Hall–Kier alpha value is -0.903. The van der Waals surface area contributed by atoms with E-state index < -0.39 is 8.40 Å².